The van der Waals surface area contributed by atoms with E-state index < -0.39 is 5.97 Å². The third-order valence-corrected chi connectivity index (χ3v) is 5.06. The molecule has 1 saturated heterocycles. The molecule has 10 nitrogen and oxygen atoms in total. The number of carboxylic acid groups (broad SMARTS) is 1. The second kappa shape index (κ2) is 8.49. The predicted octanol–water partition coefficient (Wildman–Crippen LogP) is 1.05. The Kier molecular flexibility index (Phi) is 5.60. The van der Waals surface area contributed by atoms with Crippen molar-refractivity contribution >= 4 is 23.1 Å². The van der Waals surface area contributed by atoms with Gasteiger partial charge in [-0.2, -0.15) is 9.97 Å². The molecule has 1 aliphatic rings. The van der Waals surface area contributed by atoms with Crippen LogP contribution in [0, 0.1) is 11.8 Å². The number of carbonyl (C=O) groups is 1. The molecule has 31 heavy (non-hydrogen) atoms. The molecule has 0 aliphatic carbocycles. The van der Waals surface area contributed by atoms with E-state index in [-0.39, 0.29) is 28.5 Å². The Labute approximate surface area is 178 Å². The molecule has 0 unspecified atom stereocenters. The zero-order valence-electron chi connectivity index (χ0n) is 17.3. The number of para-hydroxylation sites is 1. The Morgan fingerprint density at radius 1 is 1.26 bits per heavy atom. The van der Waals surface area contributed by atoms with Crippen molar-refractivity contribution in [3.8, 4) is 23.6 Å². The van der Waals surface area contributed by atoms with Gasteiger partial charge in [-0.05, 0) is 19.1 Å². The molecule has 1 aliphatic heterocycles. The smallest absolute Gasteiger partial charge is 0.339 e. The van der Waals surface area contributed by atoms with Crippen LogP contribution in [0.5, 0.6) is 11.8 Å². The van der Waals surface area contributed by atoms with E-state index in [0.29, 0.717) is 18.0 Å². The van der Waals surface area contributed by atoms with Gasteiger partial charge in [0.15, 0.2) is 11.2 Å². The standard InChI is InChI=1S/C21H22N6O4/c1-3-4-11-27-16-17(23-20(27)26-12-9-22-10-13-26)24-21(25(2)18(16)28)31-15-8-6-5-7-14(15)19(29)30/h5-8,22H,9-13H2,1-2H3,(H,29,30). The number of ether oxygens (including phenoxy) is 1. The fourth-order valence-electron chi connectivity index (χ4n) is 3.47. The molecule has 1 fully saturated rings. The van der Waals surface area contributed by atoms with Crippen molar-refractivity contribution in [1.29, 1.82) is 0 Å². The summed E-state index contributed by atoms with van der Waals surface area (Å²) in [5.41, 5.74) is 0.191. The molecule has 0 bridgehead atoms. The van der Waals surface area contributed by atoms with Gasteiger partial charge in [0.2, 0.25) is 5.95 Å². The molecule has 0 amide bonds. The van der Waals surface area contributed by atoms with Gasteiger partial charge >= 0.3 is 12.0 Å². The minimum absolute atomic E-state index is 0.0258. The van der Waals surface area contributed by atoms with Gasteiger partial charge in [-0.3, -0.25) is 13.9 Å². The number of fused-ring (bicyclic) bond motifs is 1. The number of nitrogens with zero attached hydrogens (tertiary/aromatic N) is 5. The van der Waals surface area contributed by atoms with E-state index in [9.17, 15) is 14.7 Å². The number of hydrogen-bond donors (Lipinski definition) is 2. The van der Waals surface area contributed by atoms with Crippen LogP contribution in [0.4, 0.5) is 5.95 Å². The Morgan fingerprint density at radius 2 is 2.00 bits per heavy atom. The van der Waals surface area contributed by atoms with Crippen molar-refractivity contribution in [2.75, 3.05) is 31.1 Å². The van der Waals surface area contributed by atoms with Crippen molar-refractivity contribution < 1.29 is 14.6 Å². The molecule has 0 spiro atoms. The molecular formula is C21H22N6O4. The van der Waals surface area contributed by atoms with Gasteiger partial charge in [-0.25, -0.2) is 4.79 Å². The monoisotopic (exact) mass is 422 g/mol. The van der Waals surface area contributed by atoms with Crippen molar-refractivity contribution in [2.45, 2.75) is 13.5 Å². The molecule has 0 saturated carbocycles. The zero-order chi connectivity index (χ0) is 22.0. The number of nitrogens with one attached hydrogen (secondary N) is 1. The zero-order valence-corrected chi connectivity index (χ0v) is 17.3. The van der Waals surface area contributed by atoms with Crippen molar-refractivity contribution in [3.05, 3.63) is 40.2 Å². The average molecular weight is 422 g/mol. The van der Waals surface area contributed by atoms with Crippen LogP contribution in [-0.2, 0) is 13.6 Å². The first-order valence-electron chi connectivity index (χ1n) is 9.84. The molecule has 10 heteroatoms. The summed E-state index contributed by atoms with van der Waals surface area (Å²) in [6.45, 7) is 5.18. The summed E-state index contributed by atoms with van der Waals surface area (Å²) in [7, 11) is 1.53. The van der Waals surface area contributed by atoms with Crippen LogP contribution in [0.25, 0.3) is 11.2 Å². The van der Waals surface area contributed by atoms with E-state index >= 15 is 0 Å². The SMILES string of the molecule is CC#CCn1c(N2CCNCC2)nc2nc(Oc3ccccc3C(=O)O)n(C)c(=O)c21. The first-order chi connectivity index (χ1) is 15.0. The maximum absolute atomic E-state index is 13.2. The normalized spacial score (nSPS) is 13.7. The van der Waals surface area contributed by atoms with Crippen LogP contribution >= 0.6 is 0 Å². The van der Waals surface area contributed by atoms with E-state index in [2.05, 4.69) is 32.0 Å². The van der Waals surface area contributed by atoms with E-state index in [0.717, 1.165) is 26.2 Å². The number of hydrogen-bond acceptors (Lipinski definition) is 7. The minimum Gasteiger partial charge on any atom is -0.478 e. The van der Waals surface area contributed by atoms with Gasteiger partial charge in [-0.15, -0.1) is 5.92 Å². The van der Waals surface area contributed by atoms with Crippen LogP contribution in [0.15, 0.2) is 29.1 Å². The lowest BCUT2D eigenvalue weighted by molar-refractivity contribution is 0.0694. The number of rotatable bonds is 5. The summed E-state index contributed by atoms with van der Waals surface area (Å²) in [4.78, 5) is 35.9. The molecule has 3 aromatic rings. The van der Waals surface area contributed by atoms with E-state index in [1.54, 1.807) is 23.6 Å². The van der Waals surface area contributed by atoms with Crippen LogP contribution in [-0.4, -0.2) is 56.4 Å². The summed E-state index contributed by atoms with van der Waals surface area (Å²) >= 11 is 0. The highest BCUT2D eigenvalue weighted by molar-refractivity contribution is 5.90. The highest BCUT2D eigenvalue weighted by Gasteiger charge is 2.24. The fraction of sp³-hybridized carbons (Fsp3) is 0.333. The highest BCUT2D eigenvalue weighted by atomic mass is 16.5. The molecule has 2 N–H and O–H groups in total. The molecule has 0 atom stereocenters. The van der Waals surface area contributed by atoms with Gasteiger partial charge in [-0.1, -0.05) is 18.1 Å². The van der Waals surface area contributed by atoms with Gasteiger partial charge in [0, 0.05) is 33.2 Å². The number of aromatic nitrogens is 4. The third-order valence-electron chi connectivity index (χ3n) is 5.06. The maximum Gasteiger partial charge on any atom is 0.339 e. The first-order valence-corrected chi connectivity index (χ1v) is 9.84. The minimum atomic E-state index is -1.13. The fourth-order valence-corrected chi connectivity index (χ4v) is 3.47. The van der Waals surface area contributed by atoms with E-state index in [4.69, 9.17) is 4.74 Å². The van der Waals surface area contributed by atoms with E-state index in [1.807, 2.05) is 0 Å². The van der Waals surface area contributed by atoms with Crippen LogP contribution in [0.3, 0.4) is 0 Å². The topological polar surface area (TPSA) is 115 Å². The number of benzene rings is 1. The number of piperazine rings is 1. The number of anilines is 1. The van der Waals surface area contributed by atoms with Gasteiger partial charge in [0.1, 0.15) is 11.3 Å². The molecular weight excluding hydrogens is 400 g/mol. The second-order valence-corrected chi connectivity index (χ2v) is 7.00. The van der Waals surface area contributed by atoms with Crippen LogP contribution < -0.4 is 20.5 Å². The average Bonchev–Trinajstić information content (AvgIpc) is 3.15. The van der Waals surface area contributed by atoms with Crippen LogP contribution in [0.2, 0.25) is 0 Å². The lowest BCUT2D eigenvalue weighted by Crippen LogP contribution is -2.44. The maximum atomic E-state index is 13.2. The van der Waals surface area contributed by atoms with Crippen molar-refractivity contribution in [2.24, 2.45) is 7.05 Å². The summed E-state index contributed by atoms with van der Waals surface area (Å²) in [6.07, 6.45) is 0. The largest absolute Gasteiger partial charge is 0.478 e. The lowest BCUT2D eigenvalue weighted by atomic mass is 10.2. The van der Waals surface area contributed by atoms with Crippen molar-refractivity contribution in [1.82, 2.24) is 24.4 Å². The Bertz CT molecular complexity index is 1260. The lowest BCUT2D eigenvalue weighted by Gasteiger charge is -2.28. The summed E-state index contributed by atoms with van der Waals surface area (Å²) in [5, 5.41) is 12.7. The third kappa shape index (κ3) is 3.83. The number of imidazole rings is 1. The quantitative estimate of drug-likeness (QED) is 0.587. The number of aromatic carboxylic acids is 1. The summed E-state index contributed by atoms with van der Waals surface area (Å²) in [6, 6.07) is 6.15. The van der Waals surface area contributed by atoms with Gasteiger partial charge in [0.25, 0.3) is 5.56 Å². The molecule has 0 radical (unpaired) electrons. The molecule has 3 heterocycles. The molecule has 2 aromatic heterocycles. The molecule has 160 valence electrons. The number of carboxylic acids is 1. The second-order valence-electron chi connectivity index (χ2n) is 7.00. The summed E-state index contributed by atoms with van der Waals surface area (Å²) in [5.74, 6) is 5.45. The van der Waals surface area contributed by atoms with Crippen LogP contribution in [0.1, 0.15) is 17.3 Å². The van der Waals surface area contributed by atoms with Gasteiger partial charge < -0.3 is 20.1 Å². The van der Waals surface area contributed by atoms with Gasteiger partial charge in [0.05, 0.1) is 6.54 Å². The first kappa shape index (κ1) is 20.4. The summed E-state index contributed by atoms with van der Waals surface area (Å²) < 4.78 is 8.77. The Balaban J connectivity index is 1.85. The Hall–Kier alpha value is -3.84. The Morgan fingerprint density at radius 3 is 2.71 bits per heavy atom. The van der Waals surface area contributed by atoms with E-state index in [1.165, 1.54) is 23.7 Å². The predicted molar refractivity (Wildman–Crippen MR) is 115 cm³/mol. The molecule has 4 rings (SSSR count). The van der Waals surface area contributed by atoms with Crippen molar-refractivity contribution in [3.63, 3.8) is 0 Å². The highest BCUT2D eigenvalue weighted by Crippen LogP contribution is 2.26. The molecule has 1 aromatic carbocycles.